The zero-order valence-electron chi connectivity index (χ0n) is 11.9. The summed E-state index contributed by atoms with van der Waals surface area (Å²) in [4.78, 5) is 0.219. The summed E-state index contributed by atoms with van der Waals surface area (Å²) < 4.78 is 26.9. The molecule has 0 saturated carbocycles. The van der Waals surface area contributed by atoms with Gasteiger partial charge in [0.25, 0.3) is 0 Å². The zero-order valence-corrected chi connectivity index (χ0v) is 12.7. The molecule has 1 unspecified atom stereocenters. The number of aliphatic hydroxyl groups is 1. The highest BCUT2D eigenvalue weighted by molar-refractivity contribution is 7.89. The van der Waals surface area contributed by atoms with Crippen LogP contribution in [0.5, 0.6) is 0 Å². The minimum Gasteiger partial charge on any atom is -0.395 e. The molecule has 0 saturated heterocycles. The number of aliphatic hydroxyl groups excluding tert-OH is 1. The molecule has 1 rings (SSSR count). The van der Waals surface area contributed by atoms with Gasteiger partial charge in [-0.1, -0.05) is 38.2 Å². The number of sulfonamides is 1. The van der Waals surface area contributed by atoms with Gasteiger partial charge in [0.2, 0.25) is 10.0 Å². The molecule has 4 nitrogen and oxygen atoms in total. The summed E-state index contributed by atoms with van der Waals surface area (Å²) in [7, 11) is -3.49. The summed E-state index contributed by atoms with van der Waals surface area (Å²) >= 11 is 0. The summed E-state index contributed by atoms with van der Waals surface area (Å²) in [6, 6.07) is 6.51. The van der Waals surface area contributed by atoms with Gasteiger partial charge in [-0.2, -0.15) is 0 Å². The first kappa shape index (κ1) is 16.7. The maximum absolute atomic E-state index is 12.1. The predicted octanol–water partition coefficient (Wildman–Crippen LogP) is 1.74. The molecule has 0 amide bonds. The van der Waals surface area contributed by atoms with Crippen molar-refractivity contribution in [3.8, 4) is 11.8 Å². The zero-order chi connectivity index (χ0) is 15.0. The highest BCUT2D eigenvalue weighted by Gasteiger charge is 2.14. The van der Waals surface area contributed by atoms with E-state index < -0.39 is 10.0 Å². The Hall–Kier alpha value is -1.35. The van der Waals surface area contributed by atoms with E-state index in [1.54, 1.807) is 24.3 Å². The quantitative estimate of drug-likeness (QED) is 0.786. The molecule has 0 heterocycles. The molecule has 0 spiro atoms. The third-order valence-electron chi connectivity index (χ3n) is 2.93. The van der Waals surface area contributed by atoms with Gasteiger partial charge in [0.15, 0.2) is 0 Å². The lowest BCUT2D eigenvalue weighted by Gasteiger charge is -2.11. The van der Waals surface area contributed by atoms with Crippen molar-refractivity contribution in [1.82, 2.24) is 4.72 Å². The van der Waals surface area contributed by atoms with Crippen LogP contribution >= 0.6 is 0 Å². The molecule has 1 aromatic carbocycles. The standard InChI is InChI=1S/C15H21NO3S/c1-3-13(2)12-16-20(18,19)15-9-6-8-14(11-15)7-4-5-10-17/h6,8-9,11,13,16-17H,3,5,10,12H2,1-2H3. The monoisotopic (exact) mass is 295 g/mol. The van der Waals surface area contributed by atoms with Gasteiger partial charge in [-0.15, -0.1) is 0 Å². The fraction of sp³-hybridized carbons (Fsp3) is 0.467. The Balaban J connectivity index is 2.85. The van der Waals surface area contributed by atoms with Crippen molar-refractivity contribution >= 4 is 10.0 Å². The number of rotatable bonds is 6. The van der Waals surface area contributed by atoms with E-state index in [2.05, 4.69) is 16.6 Å². The first-order chi connectivity index (χ1) is 9.49. The Morgan fingerprint density at radius 2 is 2.15 bits per heavy atom. The lowest BCUT2D eigenvalue weighted by molar-refractivity contribution is 0.305. The maximum Gasteiger partial charge on any atom is 0.240 e. The third-order valence-corrected chi connectivity index (χ3v) is 4.35. The van der Waals surface area contributed by atoms with Crippen LogP contribution in [0.15, 0.2) is 29.2 Å². The first-order valence-electron chi connectivity index (χ1n) is 6.69. The lowest BCUT2D eigenvalue weighted by Crippen LogP contribution is -2.28. The molecule has 0 aromatic heterocycles. The van der Waals surface area contributed by atoms with Crippen molar-refractivity contribution in [3.63, 3.8) is 0 Å². The van der Waals surface area contributed by atoms with Crippen LogP contribution in [-0.2, 0) is 10.0 Å². The molecule has 0 fully saturated rings. The van der Waals surface area contributed by atoms with E-state index in [1.807, 2.05) is 13.8 Å². The number of hydrogen-bond donors (Lipinski definition) is 2. The van der Waals surface area contributed by atoms with Gasteiger partial charge in [0.05, 0.1) is 11.5 Å². The molecule has 1 atom stereocenters. The van der Waals surface area contributed by atoms with Crippen molar-refractivity contribution in [2.75, 3.05) is 13.2 Å². The van der Waals surface area contributed by atoms with Crippen molar-refractivity contribution in [2.45, 2.75) is 31.6 Å². The van der Waals surface area contributed by atoms with Gasteiger partial charge in [0, 0.05) is 18.5 Å². The molecule has 0 aliphatic carbocycles. The van der Waals surface area contributed by atoms with E-state index in [9.17, 15) is 8.42 Å². The van der Waals surface area contributed by atoms with E-state index >= 15 is 0 Å². The van der Waals surface area contributed by atoms with Crippen molar-refractivity contribution in [3.05, 3.63) is 29.8 Å². The van der Waals surface area contributed by atoms with Crippen LogP contribution in [0, 0.1) is 17.8 Å². The molecule has 20 heavy (non-hydrogen) atoms. The summed E-state index contributed by atoms with van der Waals surface area (Å²) in [6.45, 7) is 4.45. The molecular weight excluding hydrogens is 274 g/mol. The van der Waals surface area contributed by atoms with Crippen LogP contribution in [0.2, 0.25) is 0 Å². The van der Waals surface area contributed by atoms with E-state index in [1.165, 1.54) is 0 Å². The van der Waals surface area contributed by atoms with E-state index in [-0.39, 0.29) is 11.5 Å². The Morgan fingerprint density at radius 3 is 2.80 bits per heavy atom. The van der Waals surface area contributed by atoms with Gasteiger partial charge in [-0.25, -0.2) is 13.1 Å². The first-order valence-corrected chi connectivity index (χ1v) is 8.17. The Kier molecular flexibility index (Phi) is 6.73. The van der Waals surface area contributed by atoms with Crippen molar-refractivity contribution in [1.29, 1.82) is 0 Å². The van der Waals surface area contributed by atoms with Crippen molar-refractivity contribution < 1.29 is 13.5 Å². The molecule has 0 aliphatic rings. The Bertz CT molecular complexity index is 585. The Morgan fingerprint density at radius 1 is 1.40 bits per heavy atom. The summed E-state index contributed by atoms with van der Waals surface area (Å²) in [5.74, 6) is 5.91. The van der Waals surface area contributed by atoms with Crippen LogP contribution in [0.4, 0.5) is 0 Å². The number of benzene rings is 1. The summed E-state index contributed by atoms with van der Waals surface area (Å²) in [5.41, 5.74) is 0.630. The molecule has 0 radical (unpaired) electrons. The maximum atomic E-state index is 12.1. The van der Waals surface area contributed by atoms with Crippen LogP contribution in [0.3, 0.4) is 0 Å². The van der Waals surface area contributed by atoms with Gasteiger partial charge in [-0.3, -0.25) is 0 Å². The van der Waals surface area contributed by atoms with Gasteiger partial charge in [0.1, 0.15) is 0 Å². The van der Waals surface area contributed by atoms with Gasteiger partial charge >= 0.3 is 0 Å². The second kappa shape index (κ2) is 8.05. The average molecular weight is 295 g/mol. The minimum absolute atomic E-state index is 0.00144. The van der Waals surface area contributed by atoms with E-state index in [0.717, 1.165) is 6.42 Å². The van der Waals surface area contributed by atoms with Gasteiger partial charge < -0.3 is 5.11 Å². The van der Waals surface area contributed by atoms with E-state index in [4.69, 9.17) is 5.11 Å². The fourth-order valence-corrected chi connectivity index (χ4v) is 2.65. The molecule has 5 heteroatoms. The lowest BCUT2D eigenvalue weighted by atomic mass is 10.1. The second-order valence-electron chi connectivity index (χ2n) is 4.67. The average Bonchev–Trinajstić information content (AvgIpc) is 2.45. The smallest absolute Gasteiger partial charge is 0.240 e. The van der Waals surface area contributed by atoms with Crippen LogP contribution in [0.1, 0.15) is 32.3 Å². The fourth-order valence-electron chi connectivity index (χ4n) is 1.44. The predicted molar refractivity (Wildman–Crippen MR) is 79.7 cm³/mol. The summed E-state index contributed by atoms with van der Waals surface area (Å²) in [6.07, 6.45) is 1.30. The highest BCUT2D eigenvalue weighted by atomic mass is 32.2. The number of hydrogen-bond acceptors (Lipinski definition) is 3. The molecule has 1 aromatic rings. The molecule has 0 aliphatic heterocycles. The van der Waals surface area contributed by atoms with Crippen LogP contribution in [-0.4, -0.2) is 26.7 Å². The second-order valence-corrected chi connectivity index (χ2v) is 6.44. The minimum atomic E-state index is -3.49. The highest BCUT2D eigenvalue weighted by Crippen LogP contribution is 2.11. The molecule has 2 N–H and O–H groups in total. The van der Waals surface area contributed by atoms with Crippen LogP contribution < -0.4 is 4.72 Å². The molecule has 110 valence electrons. The SMILES string of the molecule is CCC(C)CNS(=O)(=O)c1cccc(C#CCCO)c1. The molecular formula is C15H21NO3S. The van der Waals surface area contributed by atoms with Crippen molar-refractivity contribution in [2.24, 2.45) is 5.92 Å². The van der Waals surface area contributed by atoms with Crippen LogP contribution in [0.25, 0.3) is 0 Å². The topological polar surface area (TPSA) is 66.4 Å². The normalized spacial score (nSPS) is 12.6. The third kappa shape index (κ3) is 5.33. The van der Waals surface area contributed by atoms with E-state index in [0.29, 0.717) is 24.4 Å². The largest absolute Gasteiger partial charge is 0.395 e. The van der Waals surface area contributed by atoms with Gasteiger partial charge in [-0.05, 0) is 24.1 Å². The Labute approximate surface area is 121 Å². The molecule has 0 bridgehead atoms. The summed E-state index contributed by atoms with van der Waals surface area (Å²) in [5, 5.41) is 8.67. The number of nitrogens with one attached hydrogen (secondary N) is 1.